The van der Waals surface area contributed by atoms with Crippen LogP contribution in [-0.4, -0.2) is 41.2 Å². The van der Waals surface area contributed by atoms with Gasteiger partial charge in [-0.3, -0.25) is 4.79 Å². The van der Waals surface area contributed by atoms with Crippen molar-refractivity contribution in [1.82, 2.24) is 9.97 Å². The van der Waals surface area contributed by atoms with Gasteiger partial charge in [-0.1, -0.05) is 18.2 Å². The molecule has 0 amide bonds. The Hall–Kier alpha value is -3.41. The molecule has 0 unspecified atom stereocenters. The quantitative estimate of drug-likeness (QED) is 0.427. The summed E-state index contributed by atoms with van der Waals surface area (Å²) in [5.41, 5.74) is 6.95. The van der Waals surface area contributed by atoms with Gasteiger partial charge in [-0.25, -0.2) is 9.97 Å². The predicted octanol–water partition coefficient (Wildman–Crippen LogP) is 5.48. The van der Waals surface area contributed by atoms with Gasteiger partial charge in [-0.05, 0) is 86.4 Å². The highest BCUT2D eigenvalue weighted by Crippen LogP contribution is 2.37. The van der Waals surface area contributed by atoms with Crippen molar-refractivity contribution in [2.75, 3.05) is 25.1 Å². The standard InChI is InChI=1S/C28H33N3O3/c1-18-6-7-23(14-19(18)2)27-29-17-20(3)28(30-27)31(4)12-5-13-34-24-10-11-25-21(15-24)8-9-22(25)16-26(32)33/h6-7,10-11,14-15,17,22H,5,8-9,12-13,16H2,1-4H3,(H,32,33)/t22-/m0/s1. The maximum Gasteiger partial charge on any atom is 0.303 e. The molecule has 1 atom stereocenters. The second-order valence-corrected chi connectivity index (χ2v) is 9.32. The number of nitrogens with zero attached hydrogens (tertiary/aromatic N) is 3. The first-order valence-corrected chi connectivity index (χ1v) is 11.9. The number of ether oxygens (including phenoxy) is 1. The van der Waals surface area contributed by atoms with Gasteiger partial charge >= 0.3 is 5.97 Å². The Morgan fingerprint density at radius 3 is 2.71 bits per heavy atom. The summed E-state index contributed by atoms with van der Waals surface area (Å²) in [5, 5.41) is 9.10. The van der Waals surface area contributed by atoms with Crippen LogP contribution in [0.15, 0.2) is 42.6 Å². The van der Waals surface area contributed by atoms with Crippen molar-refractivity contribution in [2.24, 2.45) is 0 Å². The first-order chi connectivity index (χ1) is 16.3. The number of fused-ring (bicyclic) bond motifs is 1. The van der Waals surface area contributed by atoms with Gasteiger partial charge in [0.05, 0.1) is 13.0 Å². The van der Waals surface area contributed by atoms with Gasteiger partial charge in [-0.15, -0.1) is 0 Å². The van der Waals surface area contributed by atoms with Crippen LogP contribution in [0.1, 0.15) is 53.0 Å². The van der Waals surface area contributed by atoms with E-state index in [4.69, 9.17) is 14.8 Å². The van der Waals surface area contributed by atoms with Gasteiger partial charge in [-0.2, -0.15) is 0 Å². The number of aromatic nitrogens is 2. The Kier molecular flexibility index (Phi) is 7.15. The Bertz CT molecular complexity index is 1190. The van der Waals surface area contributed by atoms with Crippen LogP contribution in [0.4, 0.5) is 5.82 Å². The number of carboxylic acids is 1. The number of aliphatic carboxylic acids is 1. The van der Waals surface area contributed by atoms with Crippen LogP contribution in [0.5, 0.6) is 5.75 Å². The van der Waals surface area contributed by atoms with Crippen molar-refractivity contribution >= 4 is 11.8 Å². The molecule has 0 saturated heterocycles. The van der Waals surface area contributed by atoms with E-state index in [9.17, 15) is 4.79 Å². The van der Waals surface area contributed by atoms with Crippen molar-refractivity contribution < 1.29 is 14.6 Å². The smallest absolute Gasteiger partial charge is 0.303 e. The molecular formula is C28H33N3O3. The molecule has 2 aromatic carbocycles. The number of rotatable bonds is 9. The average Bonchev–Trinajstić information content (AvgIpc) is 3.20. The molecule has 0 spiro atoms. The number of hydrogen-bond donors (Lipinski definition) is 1. The summed E-state index contributed by atoms with van der Waals surface area (Å²) < 4.78 is 6.01. The normalized spacial score (nSPS) is 14.6. The molecule has 1 N–H and O–H groups in total. The molecule has 0 bridgehead atoms. The minimum Gasteiger partial charge on any atom is -0.494 e. The molecule has 0 saturated carbocycles. The van der Waals surface area contributed by atoms with Gasteiger partial charge in [0.2, 0.25) is 0 Å². The zero-order chi connectivity index (χ0) is 24.2. The number of hydrogen-bond acceptors (Lipinski definition) is 5. The third-order valence-corrected chi connectivity index (χ3v) is 6.72. The van der Waals surface area contributed by atoms with Gasteiger partial charge < -0.3 is 14.7 Å². The molecule has 3 aromatic rings. The first-order valence-electron chi connectivity index (χ1n) is 11.9. The van der Waals surface area contributed by atoms with Crippen LogP contribution in [0.25, 0.3) is 11.4 Å². The maximum atomic E-state index is 11.1. The molecular weight excluding hydrogens is 426 g/mol. The van der Waals surface area contributed by atoms with Crippen molar-refractivity contribution in [1.29, 1.82) is 0 Å². The summed E-state index contributed by atoms with van der Waals surface area (Å²) in [5.74, 6) is 1.92. The highest BCUT2D eigenvalue weighted by atomic mass is 16.5. The summed E-state index contributed by atoms with van der Waals surface area (Å²) in [6, 6.07) is 12.4. The fraction of sp³-hybridized carbons (Fsp3) is 0.393. The predicted molar refractivity (Wildman–Crippen MR) is 135 cm³/mol. The molecule has 0 radical (unpaired) electrons. The van der Waals surface area contributed by atoms with E-state index in [-0.39, 0.29) is 12.3 Å². The third-order valence-electron chi connectivity index (χ3n) is 6.72. The molecule has 1 aromatic heterocycles. The van der Waals surface area contributed by atoms with E-state index in [2.05, 4.69) is 55.0 Å². The average molecular weight is 460 g/mol. The topological polar surface area (TPSA) is 75.6 Å². The number of aryl methyl sites for hydroxylation is 4. The van der Waals surface area contributed by atoms with Crippen LogP contribution in [0.3, 0.4) is 0 Å². The monoisotopic (exact) mass is 459 g/mol. The van der Waals surface area contributed by atoms with Crippen LogP contribution in [0.2, 0.25) is 0 Å². The number of carboxylic acid groups (broad SMARTS) is 1. The largest absolute Gasteiger partial charge is 0.494 e. The first kappa shape index (κ1) is 23.7. The number of benzene rings is 2. The lowest BCUT2D eigenvalue weighted by Crippen LogP contribution is -2.22. The zero-order valence-electron chi connectivity index (χ0n) is 20.5. The third kappa shape index (κ3) is 5.38. The Morgan fingerprint density at radius 2 is 1.94 bits per heavy atom. The summed E-state index contributed by atoms with van der Waals surface area (Å²) >= 11 is 0. The number of carbonyl (C=O) groups is 1. The van der Waals surface area contributed by atoms with E-state index in [1.54, 1.807) is 0 Å². The lowest BCUT2D eigenvalue weighted by Gasteiger charge is -2.21. The number of anilines is 1. The van der Waals surface area contributed by atoms with E-state index in [1.165, 1.54) is 16.7 Å². The van der Waals surface area contributed by atoms with E-state index >= 15 is 0 Å². The Labute approximate surface area is 201 Å². The molecule has 34 heavy (non-hydrogen) atoms. The van der Waals surface area contributed by atoms with E-state index in [1.807, 2.05) is 25.3 Å². The summed E-state index contributed by atoms with van der Waals surface area (Å²) in [7, 11) is 2.05. The van der Waals surface area contributed by atoms with Crippen molar-refractivity contribution in [3.8, 4) is 17.1 Å². The van der Waals surface area contributed by atoms with E-state index in [0.29, 0.717) is 6.61 Å². The fourth-order valence-corrected chi connectivity index (χ4v) is 4.63. The van der Waals surface area contributed by atoms with Crippen LogP contribution >= 0.6 is 0 Å². The fourth-order valence-electron chi connectivity index (χ4n) is 4.63. The highest BCUT2D eigenvalue weighted by Gasteiger charge is 2.24. The SMILES string of the molecule is Cc1ccc(-c2ncc(C)c(N(C)CCCOc3ccc4c(c3)CC[C@H]4CC(=O)O)n2)cc1C. The van der Waals surface area contributed by atoms with Crippen molar-refractivity contribution in [2.45, 2.75) is 52.4 Å². The Morgan fingerprint density at radius 1 is 1.12 bits per heavy atom. The minimum absolute atomic E-state index is 0.125. The van der Waals surface area contributed by atoms with Crippen LogP contribution in [0, 0.1) is 20.8 Å². The maximum absolute atomic E-state index is 11.1. The molecule has 1 aliphatic rings. The molecule has 1 heterocycles. The molecule has 0 fully saturated rings. The molecule has 0 aliphatic heterocycles. The summed E-state index contributed by atoms with van der Waals surface area (Å²) in [6.07, 6.45) is 4.77. The van der Waals surface area contributed by atoms with E-state index < -0.39 is 5.97 Å². The van der Waals surface area contributed by atoms with Gasteiger partial charge in [0.25, 0.3) is 0 Å². The van der Waals surface area contributed by atoms with Gasteiger partial charge in [0.1, 0.15) is 11.6 Å². The van der Waals surface area contributed by atoms with Crippen molar-refractivity contribution in [3.63, 3.8) is 0 Å². The molecule has 6 heteroatoms. The minimum atomic E-state index is -0.734. The zero-order valence-corrected chi connectivity index (χ0v) is 20.5. The molecule has 4 rings (SSSR count). The van der Waals surface area contributed by atoms with Gasteiger partial charge in [0, 0.05) is 30.9 Å². The van der Waals surface area contributed by atoms with Crippen LogP contribution < -0.4 is 9.64 Å². The molecule has 6 nitrogen and oxygen atoms in total. The molecule has 178 valence electrons. The lowest BCUT2D eigenvalue weighted by atomic mass is 9.98. The van der Waals surface area contributed by atoms with Gasteiger partial charge in [0.15, 0.2) is 5.82 Å². The highest BCUT2D eigenvalue weighted by molar-refractivity contribution is 5.68. The van der Waals surface area contributed by atoms with Crippen LogP contribution in [-0.2, 0) is 11.2 Å². The van der Waals surface area contributed by atoms with E-state index in [0.717, 1.165) is 59.9 Å². The second-order valence-electron chi connectivity index (χ2n) is 9.32. The second kappa shape index (κ2) is 10.2. The van der Waals surface area contributed by atoms with Crippen molar-refractivity contribution in [3.05, 3.63) is 70.4 Å². The molecule has 1 aliphatic carbocycles. The summed E-state index contributed by atoms with van der Waals surface area (Å²) in [6.45, 7) is 7.67. The Balaban J connectivity index is 1.33. The lowest BCUT2D eigenvalue weighted by molar-refractivity contribution is -0.137. The summed E-state index contributed by atoms with van der Waals surface area (Å²) in [4.78, 5) is 22.6.